The third-order valence-corrected chi connectivity index (χ3v) is 9.95. The summed E-state index contributed by atoms with van der Waals surface area (Å²) in [6.45, 7) is 2.25. The zero-order valence-corrected chi connectivity index (χ0v) is 26.9. The van der Waals surface area contributed by atoms with Crippen LogP contribution in [-0.2, 0) is 28.7 Å². The van der Waals surface area contributed by atoms with E-state index < -0.39 is 54.6 Å². The number of carbonyl (C=O) groups is 6. The first kappa shape index (κ1) is 33.0. The number of carboxylic acids is 1. The Morgan fingerprint density at radius 2 is 1.27 bits per heavy atom. The van der Waals surface area contributed by atoms with Crippen molar-refractivity contribution in [2.45, 2.75) is 75.5 Å². The molecule has 0 spiro atoms. The number of nitrogens with zero attached hydrogens (tertiary/aromatic N) is 3. The van der Waals surface area contributed by atoms with Gasteiger partial charge in [-0.05, 0) is 67.7 Å². The minimum absolute atomic E-state index is 0.0996. The molecule has 3 fully saturated rings. The van der Waals surface area contributed by atoms with Gasteiger partial charge in [-0.25, -0.2) is 9.59 Å². The van der Waals surface area contributed by atoms with E-state index in [9.17, 15) is 33.9 Å². The summed E-state index contributed by atoms with van der Waals surface area (Å²) in [5, 5.41) is 14.6. The van der Waals surface area contributed by atoms with Gasteiger partial charge in [0.05, 0.1) is 0 Å². The second-order valence-electron chi connectivity index (χ2n) is 12.9. The molecule has 2 aromatic rings. The van der Waals surface area contributed by atoms with E-state index in [0.29, 0.717) is 58.2 Å². The lowest BCUT2D eigenvalue weighted by molar-refractivity contribution is -0.153. The van der Waals surface area contributed by atoms with Crippen molar-refractivity contribution >= 4 is 35.7 Å². The monoisotopic (exact) mass is 659 g/mol. The number of hydrogen-bond donors (Lipinski definition) is 3. The molecule has 0 saturated carbocycles. The highest BCUT2D eigenvalue weighted by molar-refractivity contribution is 5.96. The molecular weight excluding hydrogens is 618 g/mol. The molecule has 0 unspecified atom stereocenters. The number of nitrogens with one attached hydrogen (secondary N) is 2. The fourth-order valence-electron chi connectivity index (χ4n) is 7.65. The number of amides is 5. The van der Waals surface area contributed by atoms with Crippen LogP contribution in [0.25, 0.3) is 11.1 Å². The molecule has 4 atom stereocenters. The van der Waals surface area contributed by atoms with Crippen molar-refractivity contribution in [1.82, 2.24) is 25.3 Å². The molecule has 0 bridgehead atoms. The lowest BCUT2D eigenvalue weighted by Gasteiger charge is -2.34. The third kappa shape index (κ3) is 6.45. The van der Waals surface area contributed by atoms with E-state index in [4.69, 9.17) is 4.74 Å². The fourth-order valence-corrected chi connectivity index (χ4v) is 7.65. The van der Waals surface area contributed by atoms with E-state index in [1.807, 2.05) is 48.5 Å². The number of likely N-dealkylation sites (tertiary alicyclic amines) is 3. The number of carbonyl (C=O) groups excluding carboxylic acids is 5. The topological polar surface area (TPSA) is 166 Å². The van der Waals surface area contributed by atoms with Gasteiger partial charge >= 0.3 is 12.1 Å². The zero-order valence-electron chi connectivity index (χ0n) is 26.9. The van der Waals surface area contributed by atoms with Crippen LogP contribution in [0.5, 0.6) is 0 Å². The predicted octanol–water partition coefficient (Wildman–Crippen LogP) is 2.09. The van der Waals surface area contributed by atoms with Crippen LogP contribution in [0.15, 0.2) is 48.5 Å². The molecule has 13 heteroatoms. The van der Waals surface area contributed by atoms with E-state index in [2.05, 4.69) is 10.6 Å². The number of hydrogen-bond acceptors (Lipinski definition) is 7. The molecule has 254 valence electrons. The summed E-state index contributed by atoms with van der Waals surface area (Å²) in [5.74, 6) is -2.89. The van der Waals surface area contributed by atoms with Crippen LogP contribution in [0.2, 0.25) is 0 Å². The Labute approximate surface area is 278 Å². The van der Waals surface area contributed by atoms with Crippen molar-refractivity contribution < 1.29 is 38.6 Å². The summed E-state index contributed by atoms with van der Waals surface area (Å²) in [5.41, 5.74) is 4.35. The zero-order chi connectivity index (χ0) is 33.9. The molecule has 48 heavy (non-hydrogen) atoms. The first-order valence-electron chi connectivity index (χ1n) is 16.7. The maximum atomic E-state index is 13.7. The lowest BCUT2D eigenvalue weighted by atomic mass is 9.98. The smallest absolute Gasteiger partial charge is 0.407 e. The first-order chi connectivity index (χ1) is 23.2. The van der Waals surface area contributed by atoms with Crippen LogP contribution in [0.4, 0.5) is 4.79 Å². The van der Waals surface area contributed by atoms with E-state index in [1.54, 1.807) is 0 Å². The Kier molecular flexibility index (Phi) is 9.65. The molecule has 6 rings (SSSR count). The minimum atomic E-state index is -1.05. The summed E-state index contributed by atoms with van der Waals surface area (Å²) in [6.07, 6.45) is 2.29. The van der Waals surface area contributed by atoms with Crippen LogP contribution < -0.4 is 10.6 Å². The van der Waals surface area contributed by atoms with Crippen LogP contribution in [0, 0.1) is 0 Å². The van der Waals surface area contributed by atoms with Gasteiger partial charge in [0.25, 0.3) is 0 Å². The van der Waals surface area contributed by atoms with Gasteiger partial charge in [-0.2, -0.15) is 0 Å². The second-order valence-corrected chi connectivity index (χ2v) is 12.9. The summed E-state index contributed by atoms with van der Waals surface area (Å²) < 4.78 is 5.48. The predicted molar refractivity (Wildman–Crippen MR) is 173 cm³/mol. The summed E-state index contributed by atoms with van der Waals surface area (Å²) in [4.78, 5) is 81.7. The summed E-state index contributed by atoms with van der Waals surface area (Å²) in [6, 6.07) is 12.6. The minimum Gasteiger partial charge on any atom is -0.480 e. The van der Waals surface area contributed by atoms with Gasteiger partial charge in [0.2, 0.25) is 23.6 Å². The molecule has 3 N–H and O–H groups in total. The molecule has 0 radical (unpaired) electrons. The van der Waals surface area contributed by atoms with Gasteiger partial charge in [-0.1, -0.05) is 48.5 Å². The first-order valence-corrected chi connectivity index (χ1v) is 16.7. The van der Waals surface area contributed by atoms with Gasteiger partial charge in [-0.3, -0.25) is 19.2 Å². The van der Waals surface area contributed by atoms with Crippen molar-refractivity contribution in [2.75, 3.05) is 32.8 Å². The largest absolute Gasteiger partial charge is 0.480 e. The van der Waals surface area contributed by atoms with Crippen LogP contribution >= 0.6 is 0 Å². The number of alkyl carbamates (subject to hydrolysis) is 1. The van der Waals surface area contributed by atoms with Crippen molar-refractivity contribution in [3.05, 3.63) is 59.7 Å². The Morgan fingerprint density at radius 3 is 1.85 bits per heavy atom. The number of benzene rings is 2. The molecule has 3 aliphatic heterocycles. The molecule has 4 aliphatic rings. The molecule has 1 aliphatic carbocycles. The Hall–Kier alpha value is -4.94. The lowest BCUT2D eigenvalue weighted by Crippen LogP contribution is -2.57. The Morgan fingerprint density at radius 1 is 0.771 bits per heavy atom. The number of ether oxygens (including phenoxy) is 1. The SMILES string of the molecule is C[C@H](NC(=O)CNC(=O)OCC1c2ccccc2-c2ccccc21)C(=O)N1CCC[C@H]1C(=O)N1CCC[C@H]1C(=O)N1CCC[C@H]1C(=O)O. The highest BCUT2D eigenvalue weighted by Gasteiger charge is 2.46. The maximum Gasteiger partial charge on any atom is 0.407 e. The highest BCUT2D eigenvalue weighted by atomic mass is 16.5. The number of aliphatic carboxylic acids is 1. The normalized spacial score (nSPS) is 22.2. The van der Waals surface area contributed by atoms with Gasteiger partial charge in [0.15, 0.2) is 0 Å². The fraction of sp³-hybridized carbons (Fsp3) is 0.486. The molecule has 5 amide bonds. The number of rotatable bonds is 9. The Balaban J connectivity index is 0.987. The van der Waals surface area contributed by atoms with Crippen molar-refractivity contribution in [2.24, 2.45) is 0 Å². The summed E-state index contributed by atoms with van der Waals surface area (Å²) in [7, 11) is 0. The van der Waals surface area contributed by atoms with E-state index in [-0.39, 0.29) is 24.3 Å². The molecule has 2 aromatic carbocycles. The highest BCUT2D eigenvalue weighted by Crippen LogP contribution is 2.44. The summed E-state index contributed by atoms with van der Waals surface area (Å²) >= 11 is 0. The van der Waals surface area contributed by atoms with Gasteiger partial charge < -0.3 is 35.2 Å². The van der Waals surface area contributed by atoms with Crippen molar-refractivity contribution in [3.8, 4) is 11.1 Å². The standard InChI is InChI=1S/C35H41N5O8/c1-21(37-30(41)19-36-35(47)48-20-26-24-11-4-2-9-22(24)23-10-3-5-12-25(23)26)31(42)38-16-6-13-27(38)32(43)39-17-7-14-28(39)33(44)40-18-8-15-29(40)34(45)46/h2-5,9-12,21,26-29H,6-8,13-20H2,1H3,(H,36,47)(H,37,41)(H,45,46)/t21-,27-,28-,29-/m0/s1. The van der Waals surface area contributed by atoms with E-state index in [1.165, 1.54) is 21.6 Å². The third-order valence-electron chi connectivity index (χ3n) is 9.95. The van der Waals surface area contributed by atoms with Crippen LogP contribution in [0.1, 0.15) is 62.5 Å². The molecule has 0 aromatic heterocycles. The number of fused-ring (bicyclic) bond motifs is 3. The average molecular weight is 660 g/mol. The molecule has 13 nitrogen and oxygen atoms in total. The maximum absolute atomic E-state index is 13.7. The van der Waals surface area contributed by atoms with Gasteiger partial charge in [0, 0.05) is 25.6 Å². The molecule has 3 heterocycles. The number of carboxylic acid groups (broad SMARTS) is 1. The van der Waals surface area contributed by atoms with Crippen LogP contribution in [0.3, 0.4) is 0 Å². The van der Waals surface area contributed by atoms with Gasteiger partial charge in [-0.15, -0.1) is 0 Å². The van der Waals surface area contributed by atoms with Crippen LogP contribution in [-0.4, -0.2) is 112 Å². The van der Waals surface area contributed by atoms with Crippen molar-refractivity contribution in [1.29, 1.82) is 0 Å². The molecular formula is C35H41N5O8. The Bertz CT molecular complexity index is 1570. The van der Waals surface area contributed by atoms with Gasteiger partial charge in [0.1, 0.15) is 37.3 Å². The quantitative estimate of drug-likeness (QED) is 0.368. The van der Waals surface area contributed by atoms with Crippen molar-refractivity contribution in [3.63, 3.8) is 0 Å². The van der Waals surface area contributed by atoms with E-state index in [0.717, 1.165) is 22.3 Å². The average Bonchev–Trinajstić information content (AvgIpc) is 3.91. The molecule has 3 saturated heterocycles. The second kappa shape index (κ2) is 14.0. The van der Waals surface area contributed by atoms with E-state index >= 15 is 0 Å².